The van der Waals surface area contributed by atoms with Gasteiger partial charge in [0.2, 0.25) is 0 Å². The van der Waals surface area contributed by atoms with Gasteiger partial charge in [0.05, 0.1) is 11.8 Å². The topological polar surface area (TPSA) is 79.5 Å². The zero-order valence-corrected chi connectivity index (χ0v) is 13.1. The fraction of sp³-hybridized carbons (Fsp3) is 0.0667. The van der Waals surface area contributed by atoms with Gasteiger partial charge in [-0.3, -0.25) is 4.28 Å². The summed E-state index contributed by atoms with van der Waals surface area (Å²) < 4.78 is 26.1. The van der Waals surface area contributed by atoms with Crippen LogP contribution in [0.5, 0.6) is 0 Å². The third kappa shape index (κ3) is 4.32. The van der Waals surface area contributed by atoms with Crippen molar-refractivity contribution in [3.63, 3.8) is 0 Å². The molecular weight excluding hydrogens is 324 g/mol. The van der Waals surface area contributed by atoms with Gasteiger partial charge < -0.3 is 0 Å². The standard InChI is InChI=1S/C15H11ClN2O3S/c1-22(19,20)21-18-14-8-4-12(5-9-14)15(10-17)11-2-6-13(16)7-3-11/h2-9H,1H3. The van der Waals surface area contributed by atoms with Gasteiger partial charge in [0.15, 0.2) is 0 Å². The van der Waals surface area contributed by atoms with Gasteiger partial charge in [-0.25, -0.2) is 0 Å². The number of rotatable bonds is 3. The quantitative estimate of drug-likeness (QED) is 0.628. The predicted molar refractivity (Wildman–Crippen MR) is 85.6 cm³/mol. The summed E-state index contributed by atoms with van der Waals surface area (Å²) in [5, 5.41) is 13.4. The zero-order valence-electron chi connectivity index (χ0n) is 11.5. The number of oxime groups is 1. The second-order valence-electron chi connectivity index (χ2n) is 4.41. The van der Waals surface area contributed by atoms with Crippen LogP contribution in [0.4, 0.5) is 0 Å². The van der Waals surface area contributed by atoms with Crippen molar-refractivity contribution in [3.8, 4) is 6.07 Å². The molecule has 0 amide bonds. The van der Waals surface area contributed by atoms with Crippen LogP contribution in [0.1, 0.15) is 5.56 Å². The Bertz CT molecular complexity index is 824. The smallest absolute Gasteiger partial charge is 0.268 e. The summed E-state index contributed by atoms with van der Waals surface area (Å²) in [6.45, 7) is 0. The summed E-state index contributed by atoms with van der Waals surface area (Å²) in [5.41, 5.74) is 2.24. The molecule has 0 heterocycles. The number of hydrogen-bond acceptors (Lipinski definition) is 5. The molecule has 5 nitrogen and oxygen atoms in total. The molecule has 0 unspecified atom stereocenters. The summed E-state index contributed by atoms with van der Waals surface area (Å²) in [7, 11) is -3.64. The van der Waals surface area contributed by atoms with Gasteiger partial charge >= 0.3 is 10.1 Å². The van der Waals surface area contributed by atoms with Crippen LogP contribution in [0, 0.1) is 11.3 Å². The maximum atomic E-state index is 10.9. The van der Waals surface area contributed by atoms with Crippen LogP contribution in [-0.2, 0) is 14.4 Å². The van der Waals surface area contributed by atoms with Crippen molar-refractivity contribution in [2.24, 2.45) is 5.16 Å². The molecule has 1 aliphatic rings. The van der Waals surface area contributed by atoms with Gasteiger partial charge in [0, 0.05) is 5.02 Å². The Morgan fingerprint density at radius 2 is 1.77 bits per heavy atom. The van der Waals surface area contributed by atoms with E-state index in [0.29, 0.717) is 21.9 Å². The van der Waals surface area contributed by atoms with E-state index in [2.05, 4.69) is 15.5 Å². The second-order valence-corrected chi connectivity index (χ2v) is 6.40. The molecule has 1 aromatic carbocycles. The highest BCUT2D eigenvalue weighted by Gasteiger charge is 2.09. The molecule has 0 bridgehead atoms. The van der Waals surface area contributed by atoms with Crippen LogP contribution in [0.2, 0.25) is 5.02 Å². The van der Waals surface area contributed by atoms with Gasteiger partial charge in [0.25, 0.3) is 0 Å². The van der Waals surface area contributed by atoms with Crippen molar-refractivity contribution < 1.29 is 12.7 Å². The molecule has 0 saturated carbocycles. The highest BCUT2D eigenvalue weighted by atomic mass is 35.5. The van der Waals surface area contributed by atoms with Crippen LogP contribution in [0.3, 0.4) is 0 Å². The molecule has 112 valence electrons. The summed E-state index contributed by atoms with van der Waals surface area (Å²) >= 11 is 5.83. The molecule has 0 N–H and O–H groups in total. The third-order valence-corrected chi connectivity index (χ3v) is 3.28. The van der Waals surface area contributed by atoms with E-state index in [1.807, 2.05) is 0 Å². The summed E-state index contributed by atoms with van der Waals surface area (Å²) in [6, 6.07) is 9.07. The van der Waals surface area contributed by atoms with Gasteiger partial charge in [-0.05, 0) is 35.4 Å². The van der Waals surface area contributed by atoms with E-state index in [9.17, 15) is 13.7 Å². The molecule has 0 saturated heterocycles. The second kappa shape index (κ2) is 6.60. The van der Waals surface area contributed by atoms with E-state index in [1.54, 1.807) is 48.6 Å². The van der Waals surface area contributed by atoms with Crippen LogP contribution < -0.4 is 0 Å². The Morgan fingerprint density at radius 3 is 2.27 bits per heavy atom. The van der Waals surface area contributed by atoms with Gasteiger partial charge in [-0.1, -0.05) is 41.0 Å². The van der Waals surface area contributed by atoms with E-state index in [-0.39, 0.29) is 0 Å². The first-order chi connectivity index (χ1) is 10.4. The van der Waals surface area contributed by atoms with E-state index in [0.717, 1.165) is 11.8 Å². The largest absolute Gasteiger partial charge is 0.325 e. The van der Waals surface area contributed by atoms with Crippen molar-refractivity contribution in [2.75, 3.05) is 6.26 Å². The molecule has 22 heavy (non-hydrogen) atoms. The lowest BCUT2D eigenvalue weighted by Crippen LogP contribution is -2.01. The monoisotopic (exact) mass is 334 g/mol. The van der Waals surface area contributed by atoms with Gasteiger partial charge in [-0.15, -0.1) is 0 Å². The van der Waals surface area contributed by atoms with Crippen LogP contribution in [0.15, 0.2) is 59.3 Å². The molecule has 0 aliphatic heterocycles. The van der Waals surface area contributed by atoms with E-state index < -0.39 is 10.1 Å². The van der Waals surface area contributed by atoms with E-state index in [1.165, 1.54) is 0 Å². The predicted octanol–water partition coefficient (Wildman–Crippen LogP) is 3.08. The first-order valence-corrected chi connectivity index (χ1v) is 8.31. The molecule has 0 radical (unpaired) electrons. The van der Waals surface area contributed by atoms with E-state index >= 15 is 0 Å². The number of nitrogens with zero attached hydrogens (tertiary/aromatic N) is 2. The molecule has 0 fully saturated rings. The minimum absolute atomic E-state index is 0.336. The normalized spacial score (nSPS) is 13.7. The SMILES string of the molecule is CS(=O)(=O)ON=C1C=CC(=C(C#N)c2ccc(Cl)cc2)C=C1. The lowest BCUT2D eigenvalue weighted by atomic mass is 9.97. The molecule has 0 atom stereocenters. The highest BCUT2D eigenvalue weighted by molar-refractivity contribution is 7.85. The van der Waals surface area contributed by atoms with Crippen LogP contribution in [-0.4, -0.2) is 20.4 Å². The Morgan fingerprint density at radius 1 is 1.18 bits per heavy atom. The molecule has 0 aromatic heterocycles. The first-order valence-electron chi connectivity index (χ1n) is 6.12. The Kier molecular flexibility index (Phi) is 4.81. The molecule has 7 heteroatoms. The molecule has 1 aromatic rings. The Hall–Kier alpha value is -2.36. The number of nitriles is 1. The summed E-state index contributed by atoms with van der Waals surface area (Å²) in [5.74, 6) is 0. The fourth-order valence-electron chi connectivity index (χ4n) is 1.71. The average molecular weight is 335 g/mol. The maximum absolute atomic E-state index is 10.9. The third-order valence-electron chi connectivity index (χ3n) is 2.68. The highest BCUT2D eigenvalue weighted by Crippen LogP contribution is 2.23. The van der Waals surface area contributed by atoms with Gasteiger partial charge in [0.1, 0.15) is 11.8 Å². The summed E-state index contributed by atoms with van der Waals surface area (Å²) in [4.78, 5) is 0. The Balaban J connectivity index is 2.29. The average Bonchev–Trinajstić information content (AvgIpc) is 2.48. The number of allylic oxidation sites excluding steroid dienone is 6. The van der Waals surface area contributed by atoms with Crippen molar-refractivity contribution in [3.05, 3.63) is 64.7 Å². The van der Waals surface area contributed by atoms with Gasteiger partial charge in [-0.2, -0.15) is 13.7 Å². The molecule has 1 aliphatic carbocycles. The van der Waals surface area contributed by atoms with Crippen molar-refractivity contribution in [2.45, 2.75) is 0 Å². The zero-order chi connectivity index (χ0) is 16.2. The molecule has 2 rings (SSSR count). The fourth-order valence-corrected chi connectivity index (χ4v) is 2.06. The van der Waals surface area contributed by atoms with Crippen molar-refractivity contribution in [1.82, 2.24) is 0 Å². The van der Waals surface area contributed by atoms with Crippen LogP contribution in [0.25, 0.3) is 5.57 Å². The number of hydrogen-bond donors (Lipinski definition) is 0. The minimum atomic E-state index is -3.64. The van der Waals surface area contributed by atoms with Crippen molar-refractivity contribution in [1.29, 1.82) is 5.26 Å². The van der Waals surface area contributed by atoms with E-state index in [4.69, 9.17) is 11.6 Å². The Labute approximate surface area is 133 Å². The lowest BCUT2D eigenvalue weighted by molar-refractivity contribution is 0.344. The molecular formula is C15H11ClN2O3S. The molecule has 0 spiro atoms. The number of halogens is 1. The van der Waals surface area contributed by atoms with Crippen LogP contribution >= 0.6 is 11.6 Å². The number of benzene rings is 1. The summed E-state index contributed by atoms with van der Waals surface area (Å²) in [6.07, 6.45) is 7.36. The first kappa shape index (κ1) is 16.0. The maximum Gasteiger partial charge on any atom is 0.325 e. The van der Waals surface area contributed by atoms with Crippen molar-refractivity contribution >= 4 is 33.0 Å². The lowest BCUT2D eigenvalue weighted by Gasteiger charge is -2.06. The minimum Gasteiger partial charge on any atom is -0.268 e.